The molecule has 1 aliphatic heterocycles. The van der Waals surface area contributed by atoms with E-state index in [2.05, 4.69) is 20.8 Å². The van der Waals surface area contributed by atoms with Crippen molar-refractivity contribution < 1.29 is 22.8 Å². The van der Waals surface area contributed by atoms with Crippen molar-refractivity contribution in [1.29, 1.82) is 0 Å². The van der Waals surface area contributed by atoms with Gasteiger partial charge in [0.15, 0.2) is 5.65 Å². The lowest BCUT2D eigenvalue weighted by molar-refractivity contribution is -0.183. The number of amides is 2. The average molecular weight is 544 g/mol. The molecule has 1 saturated heterocycles. The molecule has 39 heavy (non-hydrogen) atoms. The summed E-state index contributed by atoms with van der Waals surface area (Å²) in [7, 11) is 0. The zero-order valence-corrected chi connectivity index (χ0v) is 21.7. The number of carbonyl (C=O) groups excluding carboxylic acids is 2. The molecule has 2 saturated carbocycles. The van der Waals surface area contributed by atoms with Gasteiger partial charge in [0.2, 0.25) is 5.91 Å². The molecule has 1 unspecified atom stereocenters. The maximum atomic E-state index is 13.3. The number of hydrogen-bond donors (Lipinski definition) is 2. The fourth-order valence-electron chi connectivity index (χ4n) is 6.06. The van der Waals surface area contributed by atoms with Gasteiger partial charge in [0.1, 0.15) is 5.69 Å². The van der Waals surface area contributed by atoms with Gasteiger partial charge in [0.05, 0.1) is 30.0 Å². The third kappa shape index (κ3) is 5.38. The number of imidazole rings is 1. The van der Waals surface area contributed by atoms with E-state index in [1.165, 1.54) is 0 Å². The van der Waals surface area contributed by atoms with Crippen LogP contribution in [0.4, 0.5) is 13.2 Å². The number of fused-ring (bicyclic) bond motifs is 1. The van der Waals surface area contributed by atoms with Crippen LogP contribution < -0.4 is 10.6 Å². The SMILES string of the molecule is CCn1nccc1C(=O)N[C@H](c1cn2ncc(CC3C[C@@H](C(F)(F)F)CNC3=O)cc2n1)C(C1CC1)C1CC1. The number of halogens is 3. The number of aryl methyl sites for hydroxylation is 1. The van der Waals surface area contributed by atoms with Crippen LogP contribution in [0.3, 0.4) is 0 Å². The molecule has 0 aromatic carbocycles. The molecule has 3 aliphatic rings. The Hall–Kier alpha value is -3.44. The van der Waals surface area contributed by atoms with E-state index in [1.807, 2.05) is 13.1 Å². The maximum absolute atomic E-state index is 13.3. The van der Waals surface area contributed by atoms with Crippen molar-refractivity contribution in [1.82, 2.24) is 35.0 Å². The largest absolute Gasteiger partial charge is 0.393 e. The monoisotopic (exact) mass is 543 g/mol. The standard InChI is InChI=1S/C27H32F3N7O2/c1-2-36-21(7-8-32-36)26(39)35-24(23(16-3-4-16)17-5-6-17)20-14-37-22(34-20)10-15(12-33-37)9-18-11-19(27(28,29)30)13-31-25(18)38/h7-8,10,12,14,16-19,23-24H,2-6,9,11,13H2,1H3,(H,31,38)(H,35,39)/t18?,19-,24-/m1/s1. The summed E-state index contributed by atoms with van der Waals surface area (Å²) in [6.45, 7) is 2.14. The molecule has 2 aliphatic carbocycles. The lowest BCUT2D eigenvalue weighted by Crippen LogP contribution is -2.47. The molecule has 3 aromatic rings. The highest BCUT2D eigenvalue weighted by molar-refractivity contribution is 5.92. The van der Waals surface area contributed by atoms with Gasteiger partial charge < -0.3 is 10.6 Å². The van der Waals surface area contributed by atoms with Crippen molar-refractivity contribution in [2.45, 2.75) is 64.2 Å². The average Bonchev–Trinajstić information content (AvgIpc) is 3.83. The topological polar surface area (TPSA) is 106 Å². The van der Waals surface area contributed by atoms with E-state index in [0.717, 1.165) is 25.7 Å². The second-order valence-electron chi connectivity index (χ2n) is 11.2. The number of piperidine rings is 1. The Morgan fingerprint density at radius 1 is 1.21 bits per heavy atom. The van der Waals surface area contributed by atoms with Gasteiger partial charge in [0, 0.05) is 25.2 Å². The second-order valence-corrected chi connectivity index (χ2v) is 11.2. The van der Waals surface area contributed by atoms with Gasteiger partial charge in [-0.3, -0.25) is 14.3 Å². The van der Waals surface area contributed by atoms with Crippen LogP contribution >= 0.6 is 0 Å². The number of hydrogen-bond acceptors (Lipinski definition) is 5. The summed E-state index contributed by atoms with van der Waals surface area (Å²) in [6.07, 6.45) is 5.13. The first-order chi connectivity index (χ1) is 18.7. The molecular weight excluding hydrogens is 511 g/mol. The molecule has 0 radical (unpaired) electrons. The molecule has 0 bridgehead atoms. The molecule has 3 fully saturated rings. The molecule has 9 nitrogen and oxygen atoms in total. The van der Waals surface area contributed by atoms with Crippen LogP contribution in [-0.2, 0) is 17.8 Å². The first kappa shape index (κ1) is 25.8. The van der Waals surface area contributed by atoms with E-state index >= 15 is 0 Å². The van der Waals surface area contributed by atoms with E-state index in [-0.39, 0.29) is 43.2 Å². The molecule has 2 N–H and O–H groups in total. The molecule has 12 heteroatoms. The predicted molar refractivity (Wildman–Crippen MR) is 134 cm³/mol. The summed E-state index contributed by atoms with van der Waals surface area (Å²) in [5.74, 6) is -1.54. The number of aromatic nitrogens is 5. The van der Waals surface area contributed by atoms with Crippen LogP contribution in [-0.4, -0.2) is 48.9 Å². The summed E-state index contributed by atoms with van der Waals surface area (Å²) in [4.78, 5) is 30.5. The normalized spacial score (nSPS) is 22.7. The first-order valence-electron chi connectivity index (χ1n) is 13.7. The van der Waals surface area contributed by atoms with Crippen LogP contribution in [0.5, 0.6) is 0 Å². The lowest BCUT2D eigenvalue weighted by atomic mass is 9.85. The fraction of sp³-hybridized carbons (Fsp3) is 0.593. The van der Waals surface area contributed by atoms with E-state index in [4.69, 9.17) is 4.98 Å². The van der Waals surface area contributed by atoms with Gasteiger partial charge in [-0.15, -0.1) is 0 Å². The molecule has 208 valence electrons. The zero-order chi connectivity index (χ0) is 27.3. The minimum atomic E-state index is -4.35. The summed E-state index contributed by atoms with van der Waals surface area (Å²) in [5, 5.41) is 14.3. The molecular formula is C27H32F3N7O2. The third-order valence-corrected chi connectivity index (χ3v) is 8.37. The fourth-order valence-corrected chi connectivity index (χ4v) is 6.06. The second kappa shape index (κ2) is 9.95. The number of nitrogens with zero attached hydrogens (tertiary/aromatic N) is 5. The number of carbonyl (C=O) groups is 2. The van der Waals surface area contributed by atoms with Gasteiger partial charge in [-0.2, -0.15) is 23.4 Å². The van der Waals surface area contributed by atoms with Gasteiger partial charge >= 0.3 is 6.18 Å². The van der Waals surface area contributed by atoms with E-state index in [9.17, 15) is 22.8 Å². The van der Waals surface area contributed by atoms with Crippen molar-refractivity contribution in [3.8, 4) is 0 Å². The summed E-state index contributed by atoms with van der Waals surface area (Å²) >= 11 is 0. The van der Waals surface area contributed by atoms with Crippen LogP contribution in [0.2, 0.25) is 0 Å². The molecule has 3 atom stereocenters. The van der Waals surface area contributed by atoms with Crippen molar-refractivity contribution in [2.75, 3.05) is 6.54 Å². The zero-order valence-electron chi connectivity index (χ0n) is 21.7. The summed E-state index contributed by atoms with van der Waals surface area (Å²) in [6, 6.07) is 3.19. The number of rotatable bonds is 9. The van der Waals surface area contributed by atoms with E-state index < -0.39 is 18.0 Å². The van der Waals surface area contributed by atoms with Crippen molar-refractivity contribution in [3.63, 3.8) is 0 Å². The maximum Gasteiger partial charge on any atom is 0.393 e. The van der Waals surface area contributed by atoms with Crippen molar-refractivity contribution in [2.24, 2.45) is 29.6 Å². The highest BCUT2D eigenvalue weighted by Crippen LogP contribution is 2.54. The number of nitrogens with one attached hydrogen (secondary N) is 2. The minimum absolute atomic E-state index is 0.151. The minimum Gasteiger partial charge on any atom is -0.355 e. The predicted octanol–water partition coefficient (Wildman–Crippen LogP) is 3.71. The molecule has 2 amide bonds. The Bertz CT molecular complexity index is 1360. The quantitative estimate of drug-likeness (QED) is 0.428. The van der Waals surface area contributed by atoms with Crippen molar-refractivity contribution >= 4 is 17.5 Å². The van der Waals surface area contributed by atoms with Gasteiger partial charge in [-0.1, -0.05) is 0 Å². The van der Waals surface area contributed by atoms with Crippen LogP contribution in [0, 0.1) is 29.6 Å². The summed E-state index contributed by atoms with van der Waals surface area (Å²) < 4.78 is 43.1. The van der Waals surface area contributed by atoms with Crippen molar-refractivity contribution in [3.05, 3.63) is 47.7 Å². The molecule has 3 aromatic heterocycles. The van der Waals surface area contributed by atoms with Crippen LogP contribution in [0.15, 0.2) is 30.7 Å². The Morgan fingerprint density at radius 2 is 1.95 bits per heavy atom. The molecule has 4 heterocycles. The van der Waals surface area contributed by atoms with Crippen LogP contribution in [0.25, 0.3) is 5.65 Å². The highest BCUT2D eigenvalue weighted by atomic mass is 19.4. The van der Waals surface area contributed by atoms with E-state index in [1.54, 1.807) is 33.7 Å². The third-order valence-electron chi connectivity index (χ3n) is 8.37. The lowest BCUT2D eigenvalue weighted by Gasteiger charge is -2.30. The first-order valence-corrected chi connectivity index (χ1v) is 13.7. The summed E-state index contributed by atoms with van der Waals surface area (Å²) in [5.41, 5.74) is 2.40. The van der Waals surface area contributed by atoms with Gasteiger partial charge in [-0.05, 0) is 80.9 Å². The Labute approximate surface area is 223 Å². The molecule has 0 spiro atoms. The van der Waals surface area contributed by atoms with Crippen LogP contribution in [0.1, 0.15) is 66.8 Å². The Morgan fingerprint density at radius 3 is 2.62 bits per heavy atom. The smallest absolute Gasteiger partial charge is 0.355 e. The van der Waals surface area contributed by atoms with Gasteiger partial charge in [-0.25, -0.2) is 9.50 Å². The highest BCUT2D eigenvalue weighted by Gasteiger charge is 2.47. The Kier molecular flexibility index (Phi) is 6.58. The Balaban J connectivity index is 1.26. The number of alkyl halides is 3. The van der Waals surface area contributed by atoms with Gasteiger partial charge in [0.25, 0.3) is 5.91 Å². The van der Waals surface area contributed by atoms with E-state index in [0.29, 0.717) is 41.0 Å². The molecule has 6 rings (SSSR count).